The van der Waals surface area contributed by atoms with Crippen LogP contribution in [0.5, 0.6) is 0 Å². The van der Waals surface area contributed by atoms with E-state index < -0.39 is 0 Å². The maximum atomic E-state index is 9.03. The predicted octanol–water partition coefficient (Wildman–Crippen LogP) is 1.95. The summed E-state index contributed by atoms with van der Waals surface area (Å²) in [6.45, 7) is 2.11. The minimum absolute atomic E-state index is 0.0356. The highest BCUT2D eigenvalue weighted by atomic mass is 32.1. The Morgan fingerprint density at radius 2 is 2.29 bits per heavy atom. The van der Waals surface area contributed by atoms with E-state index in [-0.39, 0.29) is 6.61 Å². The zero-order chi connectivity index (χ0) is 10.1. The highest BCUT2D eigenvalue weighted by Gasteiger charge is 2.07. The average molecular weight is 208 g/mol. The largest absolute Gasteiger partial charge is 0.390 e. The molecular formula is C10H12N2OS. The summed E-state index contributed by atoms with van der Waals surface area (Å²) >= 11 is 1.72. The van der Waals surface area contributed by atoms with Crippen molar-refractivity contribution in [3.8, 4) is 10.6 Å². The molecule has 0 unspecified atom stereocenters. The van der Waals surface area contributed by atoms with Crippen LogP contribution in [-0.4, -0.2) is 14.9 Å². The summed E-state index contributed by atoms with van der Waals surface area (Å²) in [4.78, 5) is 2.43. The Labute approximate surface area is 86.6 Å². The molecule has 0 fully saturated rings. The Hall–Kier alpha value is -1.13. The van der Waals surface area contributed by atoms with Gasteiger partial charge in [0, 0.05) is 11.9 Å². The summed E-state index contributed by atoms with van der Waals surface area (Å²) in [5.74, 6) is 0. The summed E-state index contributed by atoms with van der Waals surface area (Å²) in [5, 5.41) is 13.4. The zero-order valence-electron chi connectivity index (χ0n) is 8.19. The topological polar surface area (TPSA) is 38.0 Å². The minimum atomic E-state index is 0.0356. The first kappa shape index (κ1) is 9.43. The molecule has 0 aliphatic carbocycles. The van der Waals surface area contributed by atoms with Gasteiger partial charge in [0.2, 0.25) is 0 Å². The van der Waals surface area contributed by atoms with E-state index >= 15 is 0 Å². The van der Waals surface area contributed by atoms with E-state index in [1.807, 2.05) is 13.1 Å². The van der Waals surface area contributed by atoms with Gasteiger partial charge < -0.3 is 5.11 Å². The maximum absolute atomic E-state index is 9.03. The lowest BCUT2D eigenvalue weighted by Gasteiger charge is -1.92. The molecule has 0 spiro atoms. The summed E-state index contributed by atoms with van der Waals surface area (Å²) in [6, 6.07) is 6.06. The molecule has 0 saturated heterocycles. The summed E-state index contributed by atoms with van der Waals surface area (Å²) < 4.78 is 1.71. The molecule has 2 rings (SSSR count). The van der Waals surface area contributed by atoms with Gasteiger partial charge in [0.15, 0.2) is 0 Å². The lowest BCUT2D eigenvalue weighted by molar-refractivity contribution is 0.270. The Balaban J connectivity index is 2.42. The highest BCUT2D eigenvalue weighted by molar-refractivity contribution is 7.15. The van der Waals surface area contributed by atoms with E-state index in [1.165, 1.54) is 4.88 Å². The van der Waals surface area contributed by atoms with E-state index in [4.69, 9.17) is 5.11 Å². The van der Waals surface area contributed by atoms with Crippen LogP contribution in [-0.2, 0) is 13.7 Å². The quantitative estimate of drug-likeness (QED) is 0.819. The molecule has 0 amide bonds. The van der Waals surface area contributed by atoms with E-state index in [0.29, 0.717) is 0 Å². The first-order valence-electron chi connectivity index (χ1n) is 4.41. The molecule has 0 aliphatic rings. The number of thiophene rings is 1. The summed E-state index contributed by atoms with van der Waals surface area (Å²) in [5.41, 5.74) is 1.78. The molecule has 2 aromatic rings. The molecule has 3 nitrogen and oxygen atoms in total. The van der Waals surface area contributed by atoms with Crippen LogP contribution >= 0.6 is 11.3 Å². The predicted molar refractivity (Wildman–Crippen MR) is 57.2 cm³/mol. The van der Waals surface area contributed by atoms with Gasteiger partial charge >= 0.3 is 0 Å². The van der Waals surface area contributed by atoms with Gasteiger partial charge in [-0.05, 0) is 25.1 Å². The zero-order valence-corrected chi connectivity index (χ0v) is 9.01. The molecule has 74 valence electrons. The third-order valence-electron chi connectivity index (χ3n) is 2.13. The van der Waals surface area contributed by atoms with Crippen LogP contribution in [0.25, 0.3) is 10.6 Å². The normalized spacial score (nSPS) is 10.8. The molecule has 4 heteroatoms. The second-order valence-corrected chi connectivity index (χ2v) is 4.50. The van der Waals surface area contributed by atoms with Gasteiger partial charge in [-0.25, -0.2) is 0 Å². The summed E-state index contributed by atoms with van der Waals surface area (Å²) in [6.07, 6.45) is 0. The van der Waals surface area contributed by atoms with Crippen LogP contribution < -0.4 is 0 Å². The first-order chi connectivity index (χ1) is 6.70. The van der Waals surface area contributed by atoms with Crippen molar-refractivity contribution in [1.82, 2.24) is 9.78 Å². The van der Waals surface area contributed by atoms with Gasteiger partial charge in [-0.15, -0.1) is 11.3 Å². The molecule has 2 aromatic heterocycles. The van der Waals surface area contributed by atoms with Gasteiger partial charge in [0.1, 0.15) is 5.69 Å². The molecule has 1 N–H and O–H groups in total. The molecule has 0 atom stereocenters. The lowest BCUT2D eigenvalue weighted by atomic mass is 10.3. The van der Waals surface area contributed by atoms with Gasteiger partial charge in [-0.3, -0.25) is 4.68 Å². The van der Waals surface area contributed by atoms with Crippen molar-refractivity contribution in [2.75, 3.05) is 0 Å². The fourth-order valence-corrected chi connectivity index (χ4v) is 2.17. The number of aliphatic hydroxyl groups excluding tert-OH is 1. The highest BCUT2D eigenvalue weighted by Crippen LogP contribution is 2.26. The lowest BCUT2D eigenvalue weighted by Crippen LogP contribution is -1.96. The van der Waals surface area contributed by atoms with Crippen LogP contribution in [0.3, 0.4) is 0 Å². The standard InChI is InChI=1S/C10H12N2OS/c1-7-3-4-10(14-7)9-5-8(6-13)12(2)11-9/h3-5,13H,6H2,1-2H3. The van der Waals surface area contributed by atoms with E-state index in [0.717, 1.165) is 16.3 Å². The van der Waals surface area contributed by atoms with Crippen molar-refractivity contribution in [1.29, 1.82) is 0 Å². The molecule has 0 aromatic carbocycles. The number of rotatable bonds is 2. The number of aliphatic hydroxyl groups is 1. The number of hydrogen-bond acceptors (Lipinski definition) is 3. The Bertz CT molecular complexity index is 445. The molecule has 0 bridgehead atoms. The second kappa shape index (κ2) is 3.55. The van der Waals surface area contributed by atoms with E-state index in [9.17, 15) is 0 Å². The molecule has 0 aliphatic heterocycles. The molecule has 0 radical (unpaired) electrons. The molecular weight excluding hydrogens is 196 g/mol. The van der Waals surface area contributed by atoms with Crippen molar-refractivity contribution in [3.05, 3.63) is 28.8 Å². The van der Waals surface area contributed by atoms with Crippen molar-refractivity contribution in [2.45, 2.75) is 13.5 Å². The fraction of sp³-hybridized carbons (Fsp3) is 0.300. The minimum Gasteiger partial charge on any atom is -0.390 e. The number of nitrogens with zero attached hydrogens (tertiary/aromatic N) is 2. The number of hydrogen-bond donors (Lipinski definition) is 1. The van der Waals surface area contributed by atoms with Crippen LogP contribution in [0.2, 0.25) is 0 Å². The van der Waals surface area contributed by atoms with Crippen LogP contribution in [0.4, 0.5) is 0 Å². The van der Waals surface area contributed by atoms with Crippen molar-refractivity contribution >= 4 is 11.3 Å². The van der Waals surface area contributed by atoms with Crippen LogP contribution in [0.15, 0.2) is 18.2 Å². The van der Waals surface area contributed by atoms with Gasteiger partial charge in [0.05, 0.1) is 17.2 Å². The monoisotopic (exact) mass is 208 g/mol. The fourth-order valence-electron chi connectivity index (χ4n) is 1.35. The number of aryl methyl sites for hydroxylation is 2. The Morgan fingerprint density at radius 1 is 1.50 bits per heavy atom. The maximum Gasteiger partial charge on any atom is 0.103 e. The molecule has 0 saturated carbocycles. The summed E-state index contributed by atoms with van der Waals surface area (Å²) in [7, 11) is 1.84. The Morgan fingerprint density at radius 3 is 2.79 bits per heavy atom. The van der Waals surface area contributed by atoms with Crippen molar-refractivity contribution < 1.29 is 5.11 Å². The average Bonchev–Trinajstić information content (AvgIpc) is 2.71. The third-order valence-corrected chi connectivity index (χ3v) is 3.15. The van der Waals surface area contributed by atoms with Gasteiger partial charge in [-0.2, -0.15) is 5.10 Å². The second-order valence-electron chi connectivity index (χ2n) is 3.21. The van der Waals surface area contributed by atoms with Crippen molar-refractivity contribution in [3.63, 3.8) is 0 Å². The smallest absolute Gasteiger partial charge is 0.103 e. The van der Waals surface area contributed by atoms with E-state index in [1.54, 1.807) is 16.0 Å². The number of aromatic nitrogens is 2. The van der Waals surface area contributed by atoms with Gasteiger partial charge in [0.25, 0.3) is 0 Å². The SMILES string of the molecule is Cc1ccc(-c2cc(CO)n(C)n2)s1. The third kappa shape index (κ3) is 1.58. The van der Waals surface area contributed by atoms with Crippen molar-refractivity contribution in [2.24, 2.45) is 7.05 Å². The van der Waals surface area contributed by atoms with Crippen LogP contribution in [0, 0.1) is 6.92 Å². The Kier molecular flexibility index (Phi) is 2.39. The molecule has 14 heavy (non-hydrogen) atoms. The molecule has 2 heterocycles. The first-order valence-corrected chi connectivity index (χ1v) is 5.23. The van der Waals surface area contributed by atoms with Gasteiger partial charge in [-0.1, -0.05) is 0 Å². The van der Waals surface area contributed by atoms with E-state index in [2.05, 4.69) is 24.2 Å². The van der Waals surface area contributed by atoms with Crippen LogP contribution in [0.1, 0.15) is 10.6 Å².